The van der Waals surface area contributed by atoms with Crippen molar-refractivity contribution in [1.29, 1.82) is 0 Å². The first-order chi connectivity index (χ1) is 13.0. The molecule has 0 aromatic heterocycles. The lowest BCUT2D eigenvalue weighted by molar-refractivity contribution is -0.384. The highest BCUT2D eigenvalue weighted by Crippen LogP contribution is 2.19. The number of hydrogen-bond donors (Lipinski definition) is 1. The molecule has 2 aromatic rings. The first kappa shape index (κ1) is 20.4. The molecule has 0 fully saturated rings. The SMILES string of the molecule is CCOC(=O)c1cc(C(=O)NCCCSc2ccccc2)cc([N+](=O)[O-])c1. The summed E-state index contributed by atoms with van der Waals surface area (Å²) in [4.78, 5) is 35.7. The van der Waals surface area contributed by atoms with Crippen molar-refractivity contribution in [2.45, 2.75) is 18.2 Å². The van der Waals surface area contributed by atoms with Gasteiger partial charge in [0.25, 0.3) is 11.6 Å². The lowest BCUT2D eigenvalue weighted by atomic mass is 10.1. The number of rotatable bonds is 9. The zero-order valence-corrected chi connectivity index (χ0v) is 15.7. The number of nitro benzene ring substituents is 1. The van der Waals surface area contributed by atoms with E-state index < -0.39 is 16.8 Å². The standard InChI is InChI=1S/C19H20N2O5S/c1-2-26-19(23)15-11-14(12-16(13-15)21(24)25)18(22)20-9-6-10-27-17-7-4-3-5-8-17/h3-5,7-8,11-13H,2,6,9-10H2,1H3,(H,20,22). The van der Waals surface area contributed by atoms with Gasteiger partial charge >= 0.3 is 5.97 Å². The molecule has 0 aliphatic carbocycles. The summed E-state index contributed by atoms with van der Waals surface area (Å²) in [6.07, 6.45) is 0.741. The lowest BCUT2D eigenvalue weighted by Gasteiger charge is -2.07. The van der Waals surface area contributed by atoms with Gasteiger partial charge in [0.1, 0.15) is 0 Å². The van der Waals surface area contributed by atoms with Crippen molar-refractivity contribution in [3.63, 3.8) is 0 Å². The molecule has 2 rings (SSSR count). The molecule has 142 valence electrons. The summed E-state index contributed by atoms with van der Waals surface area (Å²) < 4.78 is 4.86. The van der Waals surface area contributed by atoms with Crippen molar-refractivity contribution in [2.75, 3.05) is 18.9 Å². The third-order valence-electron chi connectivity index (χ3n) is 3.52. The number of esters is 1. The van der Waals surface area contributed by atoms with Gasteiger partial charge in [-0.25, -0.2) is 4.79 Å². The van der Waals surface area contributed by atoms with Gasteiger partial charge in [-0.15, -0.1) is 11.8 Å². The highest BCUT2D eigenvalue weighted by Gasteiger charge is 2.18. The maximum absolute atomic E-state index is 12.3. The molecule has 27 heavy (non-hydrogen) atoms. The van der Waals surface area contributed by atoms with Gasteiger partial charge in [-0.1, -0.05) is 18.2 Å². The van der Waals surface area contributed by atoms with Gasteiger partial charge in [-0.2, -0.15) is 0 Å². The molecule has 0 aliphatic heterocycles. The zero-order valence-electron chi connectivity index (χ0n) is 14.8. The molecule has 0 bridgehead atoms. The van der Waals surface area contributed by atoms with E-state index >= 15 is 0 Å². The van der Waals surface area contributed by atoms with Crippen LogP contribution >= 0.6 is 11.8 Å². The third kappa shape index (κ3) is 6.41. The monoisotopic (exact) mass is 388 g/mol. The Hall–Kier alpha value is -2.87. The Bertz CT molecular complexity index is 811. The predicted molar refractivity (Wildman–Crippen MR) is 103 cm³/mol. The van der Waals surface area contributed by atoms with Gasteiger partial charge in [-0.05, 0) is 37.3 Å². The first-order valence-electron chi connectivity index (χ1n) is 8.44. The van der Waals surface area contributed by atoms with Gasteiger partial charge in [0, 0.05) is 29.1 Å². The van der Waals surface area contributed by atoms with E-state index in [0.717, 1.165) is 29.2 Å². The molecule has 1 N–H and O–H groups in total. The minimum atomic E-state index is -0.700. The molecule has 2 aromatic carbocycles. The maximum atomic E-state index is 12.3. The maximum Gasteiger partial charge on any atom is 0.338 e. The van der Waals surface area contributed by atoms with Gasteiger partial charge in [0.05, 0.1) is 17.1 Å². The summed E-state index contributed by atoms with van der Waals surface area (Å²) in [5.41, 5.74) is -0.288. The van der Waals surface area contributed by atoms with Crippen LogP contribution in [0.2, 0.25) is 0 Å². The normalized spacial score (nSPS) is 10.3. The second kappa shape index (κ2) is 10.3. The molecular formula is C19H20N2O5S. The van der Waals surface area contributed by atoms with Crippen molar-refractivity contribution >= 4 is 29.3 Å². The average molecular weight is 388 g/mol. The van der Waals surface area contributed by atoms with Crippen LogP contribution in [0.5, 0.6) is 0 Å². The van der Waals surface area contributed by atoms with E-state index in [2.05, 4.69) is 5.32 Å². The number of nitrogens with one attached hydrogen (secondary N) is 1. The summed E-state index contributed by atoms with van der Waals surface area (Å²) in [6.45, 7) is 2.20. The Labute approximate surface area is 161 Å². The van der Waals surface area contributed by atoms with Crippen molar-refractivity contribution < 1.29 is 19.2 Å². The Morgan fingerprint density at radius 2 is 1.85 bits per heavy atom. The van der Waals surface area contributed by atoms with Crippen molar-refractivity contribution in [1.82, 2.24) is 5.32 Å². The molecule has 1 amide bonds. The van der Waals surface area contributed by atoms with Crippen molar-refractivity contribution in [3.05, 3.63) is 69.8 Å². The number of hydrogen-bond acceptors (Lipinski definition) is 6. The smallest absolute Gasteiger partial charge is 0.338 e. The molecule has 0 aliphatic rings. The average Bonchev–Trinajstić information content (AvgIpc) is 2.68. The van der Waals surface area contributed by atoms with Crippen LogP contribution in [0.15, 0.2) is 53.4 Å². The zero-order chi connectivity index (χ0) is 19.6. The van der Waals surface area contributed by atoms with Crippen LogP contribution in [0.4, 0.5) is 5.69 Å². The first-order valence-corrected chi connectivity index (χ1v) is 9.42. The second-order valence-corrected chi connectivity index (χ2v) is 6.69. The molecule has 0 unspecified atom stereocenters. The number of nitro groups is 1. The van der Waals surface area contributed by atoms with E-state index in [-0.39, 0.29) is 23.4 Å². The van der Waals surface area contributed by atoms with Crippen LogP contribution in [-0.4, -0.2) is 35.7 Å². The fourth-order valence-corrected chi connectivity index (χ4v) is 3.14. The van der Waals surface area contributed by atoms with E-state index in [9.17, 15) is 19.7 Å². The quantitative estimate of drug-likeness (QED) is 0.231. The molecule has 0 spiro atoms. The van der Waals surface area contributed by atoms with Crippen LogP contribution in [0.1, 0.15) is 34.1 Å². The van der Waals surface area contributed by atoms with Gasteiger partial charge in [0.15, 0.2) is 0 Å². The van der Waals surface area contributed by atoms with Crippen LogP contribution in [-0.2, 0) is 4.74 Å². The molecule has 8 heteroatoms. The Morgan fingerprint density at radius 1 is 1.15 bits per heavy atom. The largest absolute Gasteiger partial charge is 0.462 e. The summed E-state index contributed by atoms with van der Waals surface area (Å²) >= 11 is 1.68. The molecule has 0 saturated heterocycles. The third-order valence-corrected chi connectivity index (χ3v) is 4.62. The minimum absolute atomic E-state index is 0.0177. The van der Waals surface area contributed by atoms with E-state index in [1.807, 2.05) is 30.3 Å². The summed E-state index contributed by atoms with van der Waals surface area (Å²) in [6, 6.07) is 13.5. The van der Waals surface area contributed by atoms with Gasteiger partial charge in [-0.3, -0.25) is 14.9 Å². The van der Waals surface area contributed by atoms with E-state index in [4.69, 9.17) is 4.74 Å². The van der Waals surface area contributed by atoms with Crippen LogP contribution in [0.3, 0.4) is 0 Å². The van der Waals surface area contributed by atoms with Crippen LogP contribution in [0.25, 0.3) is 0 Å². The van der Waals surface area contributed by atoms with E-state index in [1.54, 1.807) is 18.7 Å². The van der Waals surface area contributed by atoms with Crippen molar-refractivity contribution in [3.8, 4) is 0 Å². The fourth-order valence-electron chi connectivity index (χ4n) is 2.26. The molecule has 0 saturated carbocycles. The lowest BCUT2D eigenvalue weighted by Crippen LogP contribution is -2.25. The number of thioether (sulfide) groups is 1. The summed E-state index contributed by atoms with van der Waals surface area (Å²) in [5, 5.41) is 13.8. The van der Waals surface area contributed by atoms with Crippen LogP contribution in [0, 0.1) is 10.1 Å². The number of benzene rings is 2. The van der Waals surface area contributed by atoms with E-state index in [0.29, 0.717) is 6.54 Å². The summed E-state index contributed by atoms with van der Waals surface area (Å²) in [7, 11) is 0. The minimum Gasteiger partial charge on any atom is -0.462 e. The van der Waals surface area contributed by atoms with Gasteiger partial charge in [0.2, 0.25) is 0 Å². The molecular weight excluding hydrogens is 368 g/mol. The Morgan fingerprint density at radius 3 is 2.52 bits per heavy atom. The number of ether oxygens (including phenoxy) is 1. The second-order valence-electron chi connectivity index (χ2n) is 5.52. The highest BCUT2D eigenvalue weighted by atomic mass is 32.2. The highest BCUT2D eigenvalue weighted by molar-refractivity contribution is 7.99. The number of non-ortho nitro benzene ring substituents is 1. The number of nitrogens with zero attached hydrogens (tertiary/aromatic N) is 1. The van der Waals surface area contributed by atoms with E-state index in [1.165, 1.54) is 6.07 Å². The van der Waals surface area contributed by atoms with Crippen LogP contribution < -0.4 is 5.32 Å². The molecule has 7 nitrogen and oxygen atoms in total. The fraction of sp³-hybridized carbons (Fsp3) is 0.263. The molecule has 0 atom stereocenters. The molecule has 0 heterocycles. The predicted octanol–water partition coefficient (Wildman–Crippen LogP) is 3.68. The number of carbonyl (C=O) groups is 2. The topological polar surface area (TPSA) is 98.5 Å². The molecule has 0 radical (unpaired) electrons. The summed E-state index contributed by atoms with van der Waals surface area (Å²) in [5.74, 6) is -0.337. The number of amides is 1. The number of carbonyl (C=O) groups excluding carboxylic acids is 2. The van der Waals surface area contributed by atoms with Gasteiger partial charge < -0.3 is 10.1 Å². The van der Waals surface area contributed by atoms with Crippen molar-refractivity contribution in [2.24, 2.45) is 0 Å². The Balaban J connectivity index is 1.94. The Kier molecular flexibility index (Phi) is 7.81.